The number of piperidine rings is 1. The molecule has 0 bridgehead atoms. The van der Waals surface area contributed by atoms with E-state index >= 15 is 0 Å². The maximum atomic E-state index is 12.3. The maximum absolute atomic E-state index is 12.3. The van der Waals surface area contributed by atoms with Crippen molar-refractivity contribution in [2.75, 3.05) is 40.8 Å². The van der Waals surface area contributed by atoms with Gasteiger partial charge in [0.15, 0.2) is 0 Å². The fourth-order valence-corrected chi connectivity index (χ4v) is 3.81. The molecule has 6 heteroatoms. The molecule has 1 heterocycles. The van der Waals surface area contributed by atoms with E-state index in [1.165, 1.54) is 0 Å². The number of likely N-dealkylation sites (tertiary alicyclic amines) is 1. The first-order valence-electron chi connectivity index (χ1n) is 6.19. The van der Waals surface area contributed by atoms with E-state index in [4.69, 9.17) is 0 Å². The second kappa shape index (κ2) is 6.13. The zero-order chi connectivity index (χ0) is 13.1. The molecule has 0 amide bonds. The predicted molar refractivity (Wildman–Crippen MR) is 70.6 cm³/mol. The molecule has 0 saturated carbocycles. The monoisotopic (exact) mass is 263 g/mol. The zero-order valence-corrected chi connectivity index (χ0v) is 12.1. The number of sulfonamides is 1. The average molecular weight is 263 g/mol. The second-order valence-corrected chi connectivity index (χ2v) is 7.37. The largest absolute Gasteiger partial charge is 0.318 e. The van der Waals surface area contributed by atoms with Crippen LogP contribution in [-0.2, 0) is 10.0 Å². The van der Waals surface area contributed by atoms with E-state index in [9.17, 15) is 8.42 Å². The van der Waals surface area contributed by atoms with Crippen molar-refractivity contribution < 1.29 is 8.42 Å². The molecule has 1 rings (SSSR count). The van der Waals surface area contributed by atoms with Gasteiger partial charge in [-0.25, -0.2) is 12.7 Å². The Bertz CT molecular complexity index is 324. The highest BCUT2D eigenvalue weighted by molar-refractivity contribution is 7.89. The van der Waals surface area contributed by atoms with Crippen molar-refractivity contribution in [2.45, 2.75) is 31.1 Å². The van der Waals surface area contributed by atoms with E-state index in [0.717, 1.165) is 25.9 Å². The van der Waals surface area contributed by atoms with Gasteiger partial charge in [-0.2, -0.15) is 0 Å². The molecule has 1 aliphatic heterocycles. The standard InChI is InChI=1S/C11H25N3O2S/c1-10(9-12-2)17(15,16)14(4)11-5-7-13(3)8-6-11/h10-12H,5-9H2,1-4H3. The fourth-order valence-electron chi connectivity index (χ4n) is 2.24. The minimum absolute atomic E-state index is 0.163. The van der Waals surface area contributed by atoms with E-state index in [2.05, 4.69) is 17.3 Å². The number of nitrogens with one attached hydrogen (secondary N) is 1. The van der Waals surface area contributed by atoms with Gasteiger partial charge in [0.05, 0.1) is 5.25 Å². The molecule has 0 spiro atoms. The Hall–Kier alpha value is -0.170. The molecule has 0 aliphatic carbocycles. The van der Waals surface area contributed by atoms with Gasteiger partial charge in [-0.3, -0.25) is 0 Å². The third kappa shape index (κ3) is 3.64. The maximum Gasteiger partial charge on any atom is 0.217 e. The van der Waals surface area contributed by atoms with Crippen LogP contribution in [0, 0.1) is 0 Å². The van der Waals surface area contributed by atoms with Crippen LogP contribution in [-0.4, -0.2) is 69.7 Å². The molecule has 1 atom stereocenters. The summed E-state index contributed by atoms with van der Waals surface area (Å²) >= 11 is 0. The van der Waals surface area contributed by atoms with Gasteiger partial charge in [0, 0.05) is 19.6 Å². The molecule has 1 fully saturated rings. The summed E-state index contributed by atoms with van der Waals surface area (Å²) in [6.07, 6.45) is 1.86. The Morgan fingerprint density at radius 2 is 1.94 bits per heavy atom. The van der Waals surface area contributed by atoms with Gasteiger partial charge in [0.25, 0.3) is 0 Å². The fraction of sp³-hybridized carbons (Fsp3) is 1.00. The van der Waals surface area contributed by atoms with E-state index in [1.54, 1.807) is 25.3 Å². The molecule has 1 unspecified atom stereocenters. The van der Waals surface area contributed by atoms with Crippen molar-refractivity contribution in [3.8, 4) is 0 Å². The normalized spacial score (nSPS) is 21.9. The summed E-state index contributed by atoms with van der Waals surface area (Å²) in [5.74, 6) is 0. The number of nitrogens with zero attached hydrogens (tertiary/aromatic N) is 2. The van der Waals surface area contributed by atoms with Crippen LogP contribution in [0.1, 0.15) is 19.8 Å². The van der Waals surface area contributed by atoms with Gasteiger partial charge in [-0.1, -0.05) is 0 Å². The van der Waals surface area contributed by atoms with Gasteiger partial charge in [-0.15, -0.1) is 0 Å². The highest BCUT2D eigenvalue weighted by Crippen LogP contribution is 2.19. The second-order valence-electron chi connectivity index (χ2n) is 4.96. The topological polar surface area (TPSA) is 52.7 Å². The molecule has 1 aliphatic rings. The van der Waals surface area contributed by atoms with E-state index < -0.39 is 10.0 Å². The van der Waals surface area contributed by atoms with Gasteiger partial charge in [0.1, 0.15) is 0 Å². The molecule has 102 valence electrons. The molecule has 0 aromatic carbocycles. The van der Waals surface area contributed by atoms with E-state index in [1.807, 2.05) is 0 Å². The Morgan fingerprint density at radius 1 is 1.41 bits per heavy atom. The highest BCUT2D eigenvalue weighted by Gasteiger charge is 2.32. The molecule has 5 nitrogen and oxygen atoms in total. The summed E-state index contributed by atoms with van der Waals surface area (Å²) in [6, 6.07) is 0.163. The van der Waals surface area contributed by atoms with Crippen molar-refractivity contribution in [1.82, 2.24) is 14.5 Å². The summed E-state index contributed by atoms with van der Waals surface area (Å²) in [5, 5.41) is 2.56. The zero-order valence-electron chi connectivity index (χ0n) is 11.3. The van der Waals surface area contributed by atoms with Gasteiger partial charge in [-0.05, 0) is 47.0 Å². The van der Waals surface area contributed by atoms with Crippen LogP contribution in [0.3, 0.4) is 0 Å². The summed E-state index contributed by atoms with van der Waals surface area (Å²) in [4.78, 5) is 2.24. The van der Waals surface area contributed by atoms with Crippen molar-refractivity contribution in [3.05, 3.63) is 0 Å². The van der Waals surface area contributed by atoms with Gasteiger partial charge >= 0.3 is 0 Å². The molecule has 0 aromatic rings. The van der Waals surface area contributed by atoms with Crippen molar-refractivity contribution in [2.24, 2.45) is 0 Å². The van der Waals surface area contributed by atoms with Crippen LogP contribution in [0.15, 0.2) is 0 Å². The number of hydrogen-bond donors (Lipinski definition) is 1. The molecular weight excluding hydrogens is 238 g/mol. The van der Waals surface area contributed by atoms with E-state index in [-0.39, 0.29) is 11.3 Å². The number of hydrogen-bond acceptors (Lipinski definition) is 4. The molecule has 0 radical (unpaired) electrons. The van der Waals surface area contributed by atoms with Crippen LogP contribution in [0.25, 0.3) is 0 Å². The third-order valence-electron chi connectivity index (χ3n) is 3.60. The van der Waals surface area contributed by atoms with E-state index in [0.29, 0.717) is 6.54 Å². The minimum Gasteiger partial charge on any atom is -0.318 e. The Labute approximate surface area is 105 Å². The third-order valence-corrected chi connectivity index (χ3v) is 5.89. The average Bonchev–Trinajstić information content (AvgIpc) is 2.29. The first-order valence-corrected chi connectivity index (χ1v) is 7.70. The lowest BCUT2D eigenvalue weighted by Gasteiger charge is -2.35. The quantitative estimate of drug-likeness (QED) is 0.756. The first-order chi connectivity index (χ1) is 7.89. The lowest BCUT2D eigenvalue weighted by molar-refractivity contribution is 0.197. The van der Waals surface area contributed by atoms with Crippen molar-refractivity contribution in [3.63, 3.8) is 0 Å². The van der Waals surface area contributed by atoms with Crippen LogP contribution in [0.4, 0.5) is 0 Å². The van der Waals surface area contributed by atoms with Crippen LogP contribution < -0.4 is 5.32 Å². The number of rotatable bonds is 5. The highest BCUT2D eigenvalue weighted by atomic mass is 32.2. The Kier molecular flexibility index (Phi) is 5.37. The van der Waals surface area contributed by atoms with Crippen LogP contribution in [0.2, 0.25) is 0 Å². The van der Waals surface area contributed by atoms with Crippen molar-refractivity contribution >= 4 is 10.0 Å². The summed E-state index contributed by atoms with van der Waals surface area (Å²) in [5.41, 5.74) is 0. The Balaban J connectivity index is 2.65. The van der Waals surface area contributed by atoms with Gasteiger partial charge in [0.2, 0.25) is 10.0 Å². The molecular formula is C11H25N3O2S. The molecule has 0 aromatic heterocycles. The molecule has 1 N–H and O–H groups in total. The summed E-state index contributed by atoms with van der Waals surface area (Å²) < 4.78 is 26.1. The molecule has 17 heavy (non-hydrogen) atoms. The predicted octanol–water partition coefficient (Wildman–Crippen LogP) is -0.0499. The lowest BCUT2D eigenvalue weighted by atomic mass is 10.1. The van der Waals surface area contributed by atoms with Crippen LogP contribution >= 0.6 is 0 Å². The smallest absolute Gasteiger partial charge is 0.217 e. The SMILES string of the molecule is CNCC(C)S(=O)(=O)N(C)C1CCN(C)CC1. The van der Waals surface area contributed by atoms with Crippen molar-refractivity contribution in [1.29, 1.82) is 0 Å². The summed E-state index contributed by atoms with van der Waals surface area (Å²) in [7, 11) is 2.41. The summed E-state index contributed by atoms with van der Waals surface area (Å²) in [6.45, 7) is 4.21. The first kappa shape index (κ1) is 14.9. The molecule has 1 saturated heterocycles. The lowest BCUT2D eigenvalue weighted by Crippen LogP contribution is -2.48. The Morgan fingerprint density at radius 3 is 2.41 bits per heavy atom. The van der Waals surface area contributed by atoms with Gasteiger partial charge < -0.3 is 10.2 Å². The minimum atomic E-state index is -3.17. The van der Waals surface area contributed by atoms with Crippen LogP contribution in [0.5, 0.6) is 0 Å².